The minimum Gasteiger partial charge on any atom is -0.382 e. The monoisotopic (exact) mass is 280 g/mol. The highest BCUT2D eigenvalue weighted by Crippen LogP contribution is 2.49. The van der Waals surface area contributed by atoms with Crippen LogP contribution in [-0.2, 0) is 0 Å². The number of halogens is 3. The molecule has 1 aromatic rings. The van der Waals surface area contributed by atoms with Crippen LogP contribution in [0.25, 0.3) is 0 Å². The first kappa shape index (κ1) is 12.9. The van der Waals surface area contributed by atoms with Crippen molar-refractivity contribution in [1.82, 2.24) is 10.3 Å². The number of aromatic nitrogens is 1. The largest absolute Gasteiger partial charge is 0.411 e. The molecule has 5 nitrogen and oxygen atoms in total. The molecule has 1 aliphatic rings. The molecule has 18 heavy (non-hydrogen) atoms. The van der Waals surface area contributed by atoms with Crippen LogP contribution < -0.4 is 16.4 Å². The lowest BCUT2D eigenvalue weighted by molar-refractivity contribution is -0.163. The first-order valence-corrected chi connectivity index (χ1v) is 5.94. The third-order valence-corrected chi connectivity index (χ3v) is 3.81. The first-order chi connectivity index (χ1) is 8.29. The Balaban J connectivity index is 2.16. The first-order valence-electron chi connectivity index (χ1n) is 5.12. The number of nitrogens with two attached hydrogens (primary N) is 1. The number of nitrogen functional groups attached to an aromatic ring is 1. The smallest absolute Gasteiger partial charge is 0.382 e. The Morgan fingerprint density at radius 2 is 2.11 bits per heavy atom. The van der Waals surface area contributed by atoms with E-state index >= 15 is 0 Å². The Morgan fingerprint density at radius 3 is 2.50 bits per heavy atom. The molecule has 0 aromatic carbocycles. The SMILES string of the molecule is CNc1nc(N)c(C(=O)NC2(C(F)(F)F)CC2)s1. The second-order valence-electron chi connectivity index (χ2n) is 4.02. The van der Waals surface area contributed by atoms with Gasteiger partial charge in [-0.2, -0.15) is 13.2 Å². The van der Waals surface area contributed by atoms with Crippen LogP contribution in [0.15, 0.2) is 0 Å². The fourth-order valence-corrected chi connectivity index (χ4v) is 2.21. The molecule has 9 heteroatoms. The number of nitrogens with one attached hydrogen (secondary N) is 2. The maximum absolute atomic E-state index is 12.7. The molecule has 0 saturated heterocycles. The van der Waals surface area contributed by atoms with E-state index in [0.717, 1.165) is 11.3 Å². The number of hydrogen-bond donors (Lipinski definition) is 3. The fraction of sp³-hybridized carbons (Fsp3) is 0.556. The molecule has 1 heterocycles. The summed E-state index contributed by atoms with van der Waals surface area (Å²) in [6.07, 6.45) is -4.63. The summed E-state index contributed by atoms with van der Waals surface area (Å²) < 4.78 is 38.0. The van der Waals surface area contributed by atoms with Crippen molar-refractivity contribution in [3.63, 3.8) is 0 Å². The second kappa shape index (κ2) is 4.01. The number of nitrogens with zero attached hydrogens (tertiary/aromatic N) is 1. The van der Waals surface area contributed by atoms with Crippen LogP contribution in [0, 0.1) is 0 Å². The zero-order chi connectivity index (χ0) is 13.6. The van der Waals surface area contributed by atoms with Crippen LogP contribution in [0.4, 0.5) is 24.1 Å². The van der Waals surface area contributed by atoms with Gasteiger partial charge in [-0.25, -0.2) is 4.98 Å². The summed E-state index contributed by atoms with van der Waals surface area (Å²) in [6.45, 7) is 0. The Morgan fingerprint density at radius 1 is 1.50 bits per heavy atom. The number of carbonyl (C=O) groups is 1. The number of amides is 1. The van der Waals surface area contributed by atoms with Crippen molar-refractivity contribution < 1.29 is 18.0 Å². The van der Waals surface area contributed by atoms with Crippen LogP contribution in [-0.4, -0.2) is 29.7 Å². The van der Waals surface area contributed by atoms with E-state index in [0.29, 0.717) is 5.13 Å². The van der Waals surface area contributed by atoms with Crippen molar-refractivity contribution in [2.24, 2.45) is 0 Å². The zero-order valence-corrected chi connectivity index (χ0v) is 10.2. The summed E-state index contributed by atoms with van der Waals surface area (Å²) in [7, 11) is 1.58. The van der Waals surface area contributed by atoms with Gasteiger partial charge in [-0.3, -0.25) is 4.79 Å². The van der Waals surface area contributed by atoms with Gasteiger partial charge < -0.3 is 16.4 Å². The molecular formula is C9H11F3N4OS. The number of carbonyl (C=O) groups excluding carboxylic acids is 1. The Labute approximate surface area is 105 Å². The summed E-state index contributed by atoms with van der Waals surface area (Å²) in [6, 6.07) is 0. The number of hydrogen-bond acceptors (Lipinski definition) is 5. The number of rotatable bonds is 3. The van der Waals surface area contributed by atoms with E-state index in [1.165, 1.54) is 0 Å². The molecule has 0 unspecified atom stereocenters. The van der Waals surface area contributed by atoms with E-state index in [-0.39, 0.29) is 23.5 Å². The summed E-state index contributed by atoms with van der Waals surface area (Å²) in [5, 5.41) is 5.06. The fourth-order valence-electron chi connectivity index (χ4n) is 1.48. The average molecular weight is 280 g/mol. The van der Waals surface area contributed by atoms with Crippen molar-refractivity contribution in [2.75, 3.05) is 18.1 Å². The lowest BCUT2D eigenvalue weighted by Gasteiger charge is -2.20. The molecule has 1 aliphatic carbocycles. The maximum atomic E-state index is 12.7. The number of alkyl halides is 3. The lowest BCUT2D eigenvalue weighted by atomic mass is 10.2. The number of anilines is 2. The number of thiazole rings is 1. The molecule has 0 aliphatic heterocycles. The van der Waals surface area contributed by atoms with E-state index in [1.54, 1.807) is 7.05 Å². The summed E-state index contributed by atoms with van der Waals surface area (Å²) in [5.74, 6) is -0.902. The van der Waals surface area contributed by atoms with Crippen molar-refractivity contribution in [1.29, 1.82) is 0 Å². The molecule has 0 bridgehead atoms. The molecule has 4 N–H and O–H groups in total. The minimum absolute atomic E-state index is 0.00475. The van der Waals surface area contributed by atoms with Gasteiger partial charge in [0.05, 0.1) is 0 Å². The van der Waals surface area contributed by atoms with Crippen molar-refractivity contribution in [2.45, 2.75) is 24.6 Å². The lowest BCUT2D eigenvalue weighted by Crippen LogP contribution is -2.47. The highest BCUT2D eigenvalue weighted by molar-refractivity contribution is 7.18. The normalized spacial score (nSPS) is 17.3. The molecule has 1 fully saturated rings. The molecule has 1 amide bonds. The molecule has 1 saturated carbocycles. The highest BCUT2D eigenvalue weighted by atomic mass is 32.1. The second-order valence-corrected chi connectivity index (χ2v) is 5.02. The van der Waals surface area contributed by atoms with E-state index in [4.69, 9.17) is 5.73 Å². The Hall–Kier alpha value is -1.51. The van der Waals surface area contributed by atoms with Gasteiger partial charge in [-0.15, -0.1) is 0 Å². The predicted octanol–water partition coefficient (Wildman–Crippen LogP) is 1.59. The van der Waals surface area contributed by atoms with Gasteiger partial charge in [0.1, 0.15) is 16.2 Å². The summed E-state index contributed by atoms with van der Waals surface area (Å²) in [5.41, 5.74) is 3.40. The third kappa shape index (κ3) is 2.09. The van der Waals surface area contributed by atoms with Gasteiger partial charge in [0.15, 0.2) is 5.13 Å². The van der Waals surface area contributed by atoms with E-state index < -0.39 is 17.6 Å². The van der Waals surface area contributed by atoms with Crippen LogP contribution in [0.2, 0.25) is 0 Å². The Bertz CT molecular complexity index is 481. The van der Waals surface area contributed by atoms with Gasteiger partial charge in [-0.1, -0.05) is 11.3 Å². The van der Waals surface area contributed by atoms with Gasteiger partial charge in [0.25, 0.3) is 5.91 Å². The summed E-state index contributed by atoms with van der Waals surface area (Å²) >= 11 is 0.920. The minimum atomic E-state index is -4.44. The van der Waals surface area contributed by atoms with Crippen molar-refractivity contribution >= 4 is 28.2 Å². The molecule has 0 radical (unpaired) electrons. The van der Waals surface area contributed by atoms with Crippen LogP contribution in [0.5, 0.6) is 0 Å². The van der Waals surface area contributed by atoms with Crippen LogP contribution in [0.1, 0.15) is 22.5 Å². The molecule has 100 valence electrons. The van der Waals surface area contributed by atoms with E-state index in [2.05, 4.69) is 10.3 Å². The Kier molecular flexibility index (Phi) is 2.88. The molecule has 0 spiro atoms. The van der Waals surface area contributed by atoms with Crippen LogP contribution >= 0.6 is 11.3 Å². The van der Waals surface area contributed by atoms with Gasteiger partial charge in [0, 0.05) is 7.05 Å². The highest BCUT2D eigenvalue weighted by Gasteiger charge is 2.64. The van der Waals surface area contributed by atoms with Crippen molar-refractivity contribution in [3.8, 4) is 0 Å². The predicted molar refractivity (Wildman–Crippen MR) is 61.6 cm³/mol. The summed E-state index contributed by atoms with van der Waals surface area (Å²) in [4.78, 5) is 15.5. The van der Waals surface area contributed by atoms with E-state index in [9.17, 15) is 18.0 Å². The molecular weight excluding hydrogens is 269 g/mol. The maximum Gasteiger partial charge on any atom is 0.411 e. The van der Waals surface area contributed by atoms with E-state index in [1.807, 2.05) is 5.32 Å². The topological polar surface area (TPSA) is 80.0 Å². The molecule has 1 aromatic heterocycles. The standard InChI is InChI=1S/C9H11F3N4OS/c1-14-7-15-5(13)4(18-7)6(17)16-8(2-3-8)9(10,11)12/h2-3,13H2,1H3,(H,14,15)(H,16,17). The molecule has 2 rings (SSSR count). The molecule has 0 atom stereocenters. The zero-order valence-electron chi connectivity index (χ0n) is 9.39. The quantitative estimate of drug-likeness (QED) is 0.785. The van der Waals surface area contributed by atoms with Gasteiger partial charge >= 0.3 is 6.18 Å². The van der Waals surface area contributed by atoms with Gasteiger partial charge in [0.2, 0.25) is 0 Å². The average Bonchev–Trinajstić information content (AvgIpc) is 2.94. The third-order valence-electron chi connectivity index (χ3n) is 2.72. The van der Waals surface area contributed by atoms with Gasteiger partial charge in [-0.05, 0) is 12.8 Å². The van der Waals surface area contributed by atoms with Crippen LogP contribution in [0.3, 0.4) is 0 Å². The van der Waals surface area contributed by atoms with Crippen molar-refractivity contribution in [3.05, 3.63) is 4.88 Å².